The molecule has 0 radical (unpaired) electrons. The molecule has 180 valence electrons. The van der Waals surface area contributed by atoms with Gasteiger partial charge < -0.3 is 4.74 Å². The summed E-state index contributed by atoms with van der Waals surface area (Å²) in [6, 6.07) is 10.4. The third-order valence-corrected chi connectivity index (χ3v) is 5.58. The highest BCUT2D eigenvalue weighted by Gasteiger charge is 2.19. The minimum absolute atomic E-state index is 0.126. The third-order valence-electron chi connectivity index (χ3n) is 5.58. The van der Waals surface area contributed by atoms with Crippen LogP contribution in [0.15, 0.2) is 59.7 Å². The average Bonchev–Trinajstić information content (AvgIpc) is 2.81. The van der Waals surface area contributed by atoms with Gasteiger partial charge in [0, 0.05) is 41.2 Å². The summed E-state index contributed by atoms with van der Waals surface area (Å²) >= 11 is 0. The summed E-state index contributed by atoms with van der Waals surface area (Å²) in [5.74, 6) is -0.316. The summed E-state index contributed by atoms with van der Waals surface area (Å²) in [7, 11) is 0. The zero-order valence-electron chi connectivity index (χ0n) is 20.3. The number of aromatic nitrogens is 4. The first-order valence-electron chi connectivity index (χ1n) is 11.1. The molecule has 3 heterocycles. The Kier molecular flexibility index (Phi) is 6.47. The highest BCUT2D eigenvalue weighted by atomic mass is 19.1. The molecule has 0 N–H and O–H groups in total. The second-order valence-electron chi connectivity index (χ2n) is 9.35. The molecule has 0 unspecified atom stereocenters. The van der Waals surface area contributed by atoms with Gasteiger partial charge in [-0.3, -0.25) is 14.3 Å². The number of rotatable bonds is 5. The van der Waals surface area contributed by atoms with Crippen molar-refractivity contribution in [1.82, 2.24) is 19.5 Å². The molecular weight excluding hydrogens is 450 g/mol. The highest BCUT2D eigenvalue weighted by Crippen LogP contribution is 2.24. The Bertz CT molecular complexity index is 1460. The summed E-state index contributed by atoms with van der Waals surface area (Å²) in [6.07, 6.45) is 3.33. The molecule has 0 bridgehead atoms. The van der Waals surface area contributed by atoms with Gasteiger partial charge in [-0.15, -0.1) is 0 Å². The van der Waals surface area contributed by atoms with Gasteiger partial charge in [0.15, 0.2) is 0 Å². The monoisotopic (exact) mass is 476 g/mol. The van der Waals surface area contributed by atoms with Crippen LogP contribution in [0.4, 0.5) is 8.78 Å². The quantitative estimate of drug-likeness (QED) is 0.383. The number of aryl methyl sites for hydroxylation is 1. The van der Waals surface area contributed by atoms with Crippen LogP contribution in [0.3, 0.4) is 0 Å². The summed E-state index contributed by atoms with van der Waals surface area (Å²) in [4.78, 5) is 26.7. The summed E-state index contributed by atoms with van der Waals surface area (Å²) in [6.45, 7) is 9.42. The number of nitrogens with zero attached hydrogens (tertiary/aromatic N) is 4. The van der Waals surface area contributed by atoms with E-state index in [0.29, 0.717) is 39.9 Å². The van der Waals surface area contributed by atoms with Gasteiger partial charge in [-0.2, -0.15) is 0 Å². The summed E-state index contributed by atoms with van der Waals surface area (Å²) in [5.41, 5.74) is 2.62. The molecule has 0 aliphatic rings. The molecule has 3 aromatic heterocycles. The van der Waals surface area contributed by atoms with Crippen molar-refractivity contribution in [2.45, 2.75) is 46.6 Å². The topological polar surface area (TPSA) is 69.9 Å². The van der Waals surface area contributed by atoms with E-state index >= 15 is 0 Å². The molecule has 35 heavy (non-hydrogen) atoms. The lowest BCUT2D eigenvalue weighted by molar-refractivity contribution is 0.296. The largest absolute Gasteiger partial charge is 0.488 e. The van der Waals surface area contributed by atoms with Crippen molar-refractivity contribution >= 4 is 0 Å². The summed E-state index contributed by atoms with van der Waals surface area (Å²) in [5, 5.41) is 0. The first-order chi connectivity index (χ1) is 16.5. The van der Waals surface area contributed by atoms with Crippen LogP contribution >= 0.6 is 0 Å². The molecular formula is C27H26F2N4O2. The van der Waals surface area contributed by atoms with Crippen molar-refractivity contribution in [1.29, 1.82) is 0 Å². The molecule has 0 fully saturated rings. The molecule has 4 rings (SSSR count). The van der Waals surface area contributed by atoms with Gasteiger partial charge in [-0.05, 0) is 44.2 Å². The fourth-order valence-electron chi connectivity index (χ4n) is 3.62. The van der Waals surface area contributed by atoms with E-state index in [1.807, 2.05) is 20.8 Å². The molecule has 0 saturated carbocycles. The van der Waals surface area contributed by atoms with Crippen LogP contribution in [-0.4, -0.2) is 19.5 Å². The number of ether oxygens (including phenoxy) is 1. The van der Waals surface area contributed by atoms with E-state index in [1.54, 1.807) is 55.1 Å². The molecule has 0 spiro atoms. The van der Waals surface area contributed by atoms with Crippen LogP contribution in [0.5, 0.6) is 5.75 Å². The maximum Gasteiger partial charge on any atom is 0.261 e. The predicted molar refractivity (Wildman–Crippen MR) is 130 cm³/mol. The smallest absolute Gasteiger partial charge is 0.261 e. The van der Waals surface area contributed by atoms with Crippen LogP contribution in [0, 0.1) is 25.5 Å². The lowest BCUT2D eigenvalue weighted by Gasteiger charge is -2.17. The second kappa shape index (κ2) is 9.37. The molecule has 6 nitrogen and oxygen atoms in total. The number of pyridine rings is 2. The minimum Gasteiger partial charge on any atom is -0.488 e. The molecule has 8 heteroatoms. The van der Waals surface area contributed by atoms with E-state index in [9.17, 15) is 13.6 Å². The number of halogens is 2. The van der Waals surface area contributed by atoms with Gasteiger partial charge in [0.2, 0.25) is 0 Å². The maximum absolute atomic E-state index is 14.0. The lowest BCUT2D eigenvalue weighted by Crippen LogP contribution is -2.23. The van der Waals surface area contributed by atoms with E-state index in [4.69, 9.17) is 4.74 Å². The van der Waals surface area contributed by atoms with Crippen molar-refractivity contribution in [3.63, 3.8) is 0 Å². The molecule has 0 saturated heterocycles. The Morgan fingerprint density at radius 2 is 1.69 bits per heavy atom. The molecule has 0 atom stereocenters. The van der Waals surface area contributed by atoms with Gasteiger partial charge in [0.1, 0.15) is 29.8 Å². The Balaban J connectivity index is 1.67. The zero-order chi connectivity index (χ0) is 25.3. The number of benzene rings is 1. The fourth-order valence-corrected chi connectivity index (χ4v) is 3.62. The third kappa shape index (κ3) is 5.11. The Hall–Kier alpha value is -3.94. The molecule has 0 aliphatic carbocycles. The SMILES string of the molecule is Cc1c(OCc2ccc(F)cc2F)cc(C)n(-c2ccnc(-c3ccnc(C(C)(C)C)n3)c2)c1=O. The van der Waals surface area contributed by atoms with Crippen LogP contribution in [0.25, 0.3) is 17.1 Å². The van der Waals surface area contributed by atoms with Gasteiger partial charge >= 0.3 is 0 Å². The van der Waals surface area contributed by atoms with Crippen molar-refractivity contribution < 1.29 is 13.5 Å². The van der Waals surface area contributed by atoms with Crippen LogP contribution < -0.4 is 10.3 Å². The van der Waals surface area contributed by atoms with Gasteiger partial charge in [-0.1, -0.05) is 20.8 Å². The normalized spacial score (nSPS) is 11.5. The van der Waals surface area contributed by atoms with Gasteiger partial charge in [0.25, 0.3) is 5.56 Å². The Morgan fingerprint density at radius 1 is 0.943 bits per heavy atom. The van der Waals surface area contributed by atoms with Crippen LogP contribution in [0.1, 0.15) is 43.4 Å². The van der Waals surface area contributed by atoms with Crippen molar-refractivity contribution in [2.75, 3.05) is 0 Å². The first kappa shape index (κ1) is 24.2. The average molecular weight is 477 g/mol. The summed E-state index contributed by atoms with van der Waals surface area (Å²) < 4.78 is 34.4. The standard InChI is InChI=1S/C27H26F2N4O2/c1-16-12-24(35-15-18-6-7-19(28)13-21(18)29)17(2)25(34)33(16)20-8-10-30-23(14-20)22-9-11-31-26(32-22)27(3,4)5/h6-14H,15H2,1-5H3. The minimum atomic E-state index is -0.698. The van der Waals surface area contributed by atoms with Crippen molar-refractivity contribution in [2.24, 2.45) is 0 Å². The van der Waals surface area contributed by atoms with Gasteiger partial charge in [0.05, 0.1) is 22.6 Å². The first-order valence-corrected chi connectivity index (χ1v) is 11.1. The van der Waals surface area contributed by atoms with Crippen LogP contribution in [-0.2, 0) is 12.0 Å². The van der Waals surface area contributed by atoms with Crippen LogP contribution in [0.2, 0.25) is 0 Å². The van der Waals surface area contributed by atoms with Crippen molar-refractivity contribution in [3.8, 4) is 22.8 Å². The second-order valence-corrected chi connectivity index (χ2v) is 9.35. The van der Waals surface area contributed by atoms with E-state index in [0.717, 1.165) is 6.07 Å². The van der Waals surface area contributed by atoms with E-state index in [2.05, 4.69) is 15.0 Å². The van der Waals surface area contributed by atoms with E-state index < -0.39 is 11.6 Å². The molecule has 4 aromatic rings. The van der Waals surface area contributed by atoms with Crippen molar-refractivity contribution in [3.05, 3.63) is 99.5 Å². The van der Waals surface area contributed by atoms with Gasteiger partial charge in [-0.25, -0.2) is 18.7 Å². The number of hydrogen-bond donors (Lipinski definition) is 0. The van der Waals surface area contributed by atoms with E-state index in [1.165, 1.54) is 12.1 Å². The Labute approximate surface area is 202 Å². The van der Waals surface area contributed by atoms with E-state index in [-0.39, 0.29) is 23.1 Å². The highest BCUT2D eigenvalue weighted by molar-refractivity contribution is 5.57. The lowest BCUT2D eigenvalue weighted by atomic mass is 9.95. The predicted octanol–water partition coefficient (Wildman–Crippen LogP) is 5.46. The molecule has 1 aromatic carbocycles. The maximum atomic E-state index is 14.0. The zero-order valence-corrected chi connectivity index (χ0v) is 20.3. The molecule has 0 amide bonds. The molecule has 0 aliphatic heterocycles. The number of hydrogen-bond acceptors (Lipinski definition) is 5. The Morgan fingerprint density at radius 3 is 2.40 bits per heavy atom. The fraction of sp³-hybridized carbons (Fsp3) is 0.259.